The summed E-state index contributed by atoms with van der Waals surface area (Å²) in [7, 11) is -3.93. The molecule has 1 rings (SSSR count). The zero-order chi connectivity index (χ0) is 13.2. The Morgan fingerprint density at radius 1 is 1.29 bits per heavy atom. The van der Waals surface area contributed by atoms with Crippen LogP contribution in [0.25, 0.3) is 0 Å². The van der Waals surface area contributed by atoms with Gasteiger partial charge in [-0.2, -0.15) is 13.1 Å². The highest BCUT2D eigenvalue weighted by Gasteiger charge is 2.17. The number of rotatable bonds is 4. The van der Waals surface area contributed by atoms with Gasteiger partial charge in [0.1, 0.15) is 11.5 Å². The number of nitrogens with two attached hydrogens (primary N) is 1. The summed E-state index contributed by atoms with van der Waals surface area (Å²) in [6.07, 6.45) is 0. The first-order valence-electron chi connectivity index (χ1n) is 4.76. The molecule has 0 atom stereocenters. The molecule has 1 aromatic carbocycles. The predicted octanol–water partition coefficient (Wildman–Crippen LogP) is 1.20. The third kappa shape index (κ3) is 3.82. The maximum Gasteiger partial charge on any atom is 0.299 e. The Morgan fingerprint density at radius 2 is 1.88 bits per heavy atom. The second-order valence-electron chi connectivity index (χ2n) is 3.73. The van der Waals surface area contributed by atoms with E-state index in [1.165, 1.54) is 0 Å². The number of nitrogens with one attached hydrogen (secondary N) is 2. The second kappa shape index (κ2) is 4.84. The molecule has 0 aromatic heterocycles. The van der Waals surface area contributed by atoms with Crippen molar-refractivity contribution < 1.29 is 17.2 Å². The summed E-state index contributed by atoms with van der Waals surface area (Å²) in [5.41, 5.74) is 4.53. The lowest BCUT2D eigenvalue weighted by Gasteiger charge is -2.13. The minimum absolute atomic E-state index is 0.323. The highest BCUT2D eigenvalue weighted by Crippen LogP contribution is 2.24. The van der Waals surface area contributed by atoms with E-state index in [2.05, 4.69) is 4.72 Å². The molecule has 4 N–H and O–H groups in total. The maximum absolute atomic E-state index is 13.3. The first-order chi connectivity index (χ1) is 7.71. The maximum atomic E-state index is 13.3. The highest BCUT2D eigenvalue weighted by atomic mass is 32.2. The molecule has 0 bridgehead atoms. The minimum atomic E-state index is -3.93. The van der Waals surface area contributed by atoms with Gasteiger partial charge in [0.05, 0.1) is 5.69 Å². The van der Waals surface area contributed by atoms with Crippen molar-refractivity contribution in [3.8, 4) is 0 Å². The van der Waals surface area contributed by atoms with Crippen molar-refractivity contribution in [3.63, 3.8) is 0 Å². The molecule has 8 heteroatoms. The van der Waals surface area contributed by atoms with Gasteiger partial charge in [0.15, 0.2) is 5.82 Å². The summed E-state index contributed by atoms with van der Waals surface area (Å²) >= 11 is 0. The largest absolute Gasteiger partial charge is 0.397 e. The van der Waals surface area contributed by atoms with Gasteiger partial charge in [0.2, 0.25) is 0 Å². The van der Waals surface area contributed by atoms with E-state index in [9.17, 15) is 17.2 Å². The molecule has 0 radical (unpaired) electrons. The Bertz CT molecular complexity index is 494. The van der Waals surface area contributed by atoms with Crippen LogP contribution in [0.3, 0.4) is 0 Å². The summed E-state index contributed by atoms with van der Waals surface area (Å²) in [4.78, 5) is 0. The van der Waals surface area contributed by atoms with E-state index in [0.29, 0.717) is 6.07 Å². The van der Waals surface area contributed by atoms with Crippen LogP contribution in [0, 0.1) is 11.6 Å². The first-order valence-corrected chi connectivity index (χ1v) is 6.24. The number of nitrogen functional groups attached to an aromatic ring is 1. The Kier molecular flexibility index (Phi) is 3.89. The van der Waals surface area contributed by atoms with Crippen molar-refractivity contribution in [2.45, 2.75) is 19.9 Å². The van der Waals surface area contributed by atoms with E-state index >= 15 is 0 Å². The standard InChI is InChI=1S/C9H13F2N3O2S/c1-5(2)13-17(15,16)14-9-7(11)3-6(10)4-8(9)12/h3-5,13-14H,12H2,1-2H3. The van der Waals surface area contributed by atoms with Crippen molar-refractivity contribution in [1.29, 1.82) is 0 Å². The summed E-state index contributed by atoms with van der Waals surface area (Å²) < 4.78 is 53.1. The van der Waals surface area contributed by atoms with Crippen molar-refractivity contribution in [2.75, 3.05) is 10.5 Å². The van der Waals surface area contributed by atoms with Crippen molar-refractivity contribution >= 4 is 21.6 Å². The van der Waals surface area contributed by atoms with Crippen molar-refractivity contribution in [2.24, 2.45) is 0 Å². The topological polar surface area (TPSA) is 84.2 Å². The van der Waals surface area contributed by atoms with Crippen LogP contribution in [0.4, 0.5) is 20.2 Å². The Balaban J connectivity index is 3.04. The summed E-state index contributed by atoms with van der Waals surface area (Å²) in [5.74, 6) is -1.95. The van der Waals surface area contributed by atoms with Gasteiger partial charge >= 0.3 is 0 Å². The molecule has 0 saturated carbocycles. The lowest BCUT2D eigenvalue weighted by molar-refractivity contribution is 0.571. The number of halogens is 2. The predicted molar refractivity (Wildman–Crippen MR) is 61.6 cm³/mol. The highest BCUT2D eigenvalue weighted by molar-refractivity contribution is 7.90. The minimum Gasteiger partial charge on any atom is -0.397 e. The van der Waals surface area contributed by atoms with Gasteiger partial charge in [-0.05, 0) is 19.9 Å². The molecule has 0 aliphatic heterocycles. The van der Waals surface area contributed by atoms with E-state index in [1.54, 1.807) is 13.8 Å². The van der Waals surface area contributed by atoms with Gasteiger partial charge in [-0.1, -0.05) is 0 Å². The van der Waals surface area contributed by atoms with Crippen LogP contribution < -0.4 is 15.2 Å². The zero-order valence-electron chi connectivity index (χ0n) is 9.29. The third-order valence-corrected chi connectivity index (χ3v) is 2.97. The average molecular weight is 265 g/mol. The molecule has 0 aliphatic rings. The van der Waals surface area contributed by atoms with Gasteiger partial charge < -0.3 is 5.73 Å². The van der Waals surface area contributed by atoms with Crippen LogP contribution >= 0.6 is 0 Å². The lowest BCUT2D eigenvalue weighted by atomic mass is 10.2. The van der Waals surface area contributed by atoms with E-state index in [0.717, 1.165) is 6.07 Å². The van der Waals surface area contributed by atoms with E-state index < -0.39 is 27.5 Å². The molecule has 0 unspecified atom stereocenters. The molecule has 0 heterocycles. The number of anilines is 2. The molecular weight excluding hydrogens is 252 g/mol. The lowest BCUT2D eigenvalue weighted by Crippen LogP contribution is -2.35. The van der Waals surface area contributed by atoms with Gasteiger partial charge in [-0.3, -0.25) is 4.72 Å². The summed E-state index contributed by atoms with van der Waals surface area (Å²) in [6.45, 7) is 3.20. The van der Waals surface area contributed by atoms with Crippen LogP contribution in [0.2, 0.25) is 0 Å². The monoisotopic (exact) mass is 265 g/mol. The van der Waals surface area contributed by atoms with Gasteiger partial charge in [0, 0.05) is 12.1 Å². The quantitative estimate of drug-likeness (QED) is 0.715. The Morgan fingerprint density at radius 3 is 2.35 bits per heavy atom. The fraction of sp³-hybridized carbons (Fsp3) is 0.333. The Labute approximate surface area is 98.2 Å². The van der Waals surface area contributed by atoms with Gasteiger partial charge in [0.25, 0.3) is 10.2 Å². The van der Waals surface area contributed by atoms with Crippen molar-refractivity contribution in [3.05, 3.63) is 23.8 Å². The third-order valence-electron chi connectivity index (χ3n) is 1.71. The smallest absolute Gasteiger partial charge is 0.299 e. The average Bonchev–Trinajstić information content (AvgIpc) is 2.09. The van der Waals surface area contributed by atoms with Gasteiger partial charge in [-0.25, -0.2) is 8.78 Å². The molecule has 5 nitrogen and oxygen atoms in total. The SMILES string of the molecule is CC(C)NS(=O)(=O)Nc1c(N)cc(F)cc1F. The fourth-order valence-electron chi connectivity index (χ4n) is 1.18. The Hall–Kier alpha value is -1.41. The van der Waals surface area contributed by atoms with Crippen LogP contribution in [0.5, 0.6) is 0 Å². The second-order valence-corrected chi connectivity index (χ2v) is 5.18. The van der Waals surface area contributed by atoms with Crippen LogP contribution in [0.15, 0.2) is 12.1 Å². The molecule has 0 fully saturated rings. The fourth-order valence-corrected chi connectivity index (χ4v) is 2.34. The molecule has 0 saturated heterocycles. The number of hydrogen-bond donors (Lipinski definition) is 3. The zero-order valence-corrected chi connectivity index (χ0v) is 10.1. The van der Waals surface area contributed by atoms with E-state index in [1.807, 2.05) is 4.72 Å². The van der Waals surface area contributed by atoms with Crippen LogP contribution in [-0.4, -0.2) is 14.5 Å². The number of hydrogen-bond acceptors (Lipinski definition) is 3. The summed E-state index contributed by atoms with van der Waals surface area (Å²) in [6, 6.07) is 1.01. The molecule has 1 aromatic rings. The van der Waals surface area contributed by atoms with Crippen molar-refractivity contribution in [1.82, 2.24) is 4.72 Å². The molecule has 17 heavy (non-hydrogen) atoms. The molecule has 0 aliphatic carbocycles. The number of benzene rings is 1. The van der Waals surface area contributed by atoms with E-state index in [-0.39, 0.29) is 11.7 Å². The normalized spacial score (nSPS) is 11.8. The van der Waals surface area contributed by atoms with Gasteiger partial charge in [-0.15, -0.1) is 0 Å². The summed E-state index contributed by atoms with van der Waals surface area (Å²) in [5, 5.41) is 0. The van der Waals surface area contributed by atoms with Crippen LogP contribution in [0.1, 0.15) is 13.8 Å². The molecule has 0 spiro atoms. The molecular formula is C9H13F2N3O2S. The van der Waals surface area contributed by atoms with Crippen LogP contribution in [-0.2, 0) is 10.2 Å². The first kappa shape index (κ1) is 13.7. The molecule has 96 valence electrons. The molecule has 0 amide bonds. The van der Waals surface area contributed by atoms with E-state index in [4.69, 9.17) is 5.73 Å².